The minimum Gasteiger partial charge on any atom is -0.481 e. The number of carbonyl (C=O) groups is 1. The van der Waals surface area contributed by atoms with E-state index in [0.29, 0.717) is 5.56 Å². The lowest BCUT2D eigenvalue weighted by Crippen LogP contribution is -2.06. The van der Waals surface area contributed by atoms with Crippen LogP contribution in [-0.4, -0.2) is 22.6 Å². The fraction of sp³-hybridized carbons (Fsp3) is 0.0909. The van der Waals surface area contributed by atoms with Gasteiger partial charge in [0.1, 0.15) is 5.76 Å². The van der Waals surface area contributed by atoms with Gasteiger partial charge in [0.2, 0.25) is 0 Å². The highest BCUT2D eigenvalue weighted by Gasteiger charge is 2.09. The topological polar surface area (TPSA) is 113 Å². The number of allylic oxidation sites excluding steroid dienone is 1. The van der Waals surface area contributed by atoms with E-state index >= 15 is 0 Å². The number of nitro groups is 1. The molecule has 0 atom stereocenters. The molecular formula is C11H8N2O5. The Hall–Kier alpha value is -2.88. The zero-order valence-electron chi connectivity index (χ0n) is 9.07. The zero-order chi connectivity index (χ0) is 13.5. The summed E-state index contributed by atoms with van der Waals surface area (Å²) in [5.41, 5.74) is 0.289. The maximum Gasteiger partial charge on any atom is 0.341 e. The van der Waals surface area contributed by atoms with E-state index in [0.717, 1.165) is 6.08 Å². The van der Waals surface area contributed by atoms with Crippen LogP contribution in [-0.2, 0) is 9.53 Å². The lowest BCUT2D eigenvalue weighted by atomic mass is 10.1. The number of hydrogen-bond donors (Lipinski definition) is 1. The number of hydrogen-bond acceptors (Lipinski definition) is 5. The molecule has 1 aromatic carbocycles. The molecule has 0 saturated carbocycles. The Balaban J connectivity index is 2.93. The Morgan fingerprint density at radius 2 is 2.11 bits per heavy atom. The Bertz CT molecular complexity index is 527. The number of rotatable bonds is 5. The molecule has 0 amide bonds. The van der Waals surface area contributed by atoms with Gasteiger partial charge in [-0.1, -0.05) is 0 Å². The number of nitriles is 1. The van der Waals surface area contributed by atoms with Crippen molar-refractivity contribution in [2.45, 2.75) is 0 Å². The summed E-state index contributed by atoms with van der Waals surface area (Å²) in [4.78, 5) is 20.3. The van der Waals surface area contributed by atoms with Crippen LogP contribution in [0.3, 0.4) is 0 Å². The molecule has 0 spiro atoms. The van der Waals surface area contributed by atoms with E-state index in [-0.39, 0.29) is 11.4 Å². The maximum atomic E-state index is 10.5. The summed E-state index contributed by atoms with van der Waals surface area (Å²) in [5.74, 6) is -1.13. The Morgan fingerprint density at radius 1 is 1.50 bits per heavy atom. The molecule has 0 aromatic heterocycles. The Labute approximate surface area is 102 Å². The van der Waals surface area contributed by atoms with Crippen molar-refractivity contribution >= 4 is 17.4 Å². The molecule has 1 aromatic rings. The number of ether oxygens (including phenoxy) is 1. The highest BCUT2D eigenvalue weighted by molar-refractivity contribution is 5.71. The van der Waals surface area contributed by atoms with Crippen molar-refractivity contribution in [2.75, 3.05) is 6.61 Å². The summed E-state index contributed by atoms with van der Waals surface area (Å²) in [5, 5.41) is 27.5. The second-order valence-corrected chi connectivity index (χ2v) is 3.12. The van der Waals surface area contributed by atoms with Crippen LogP contribution in [0.4, 0.5) is 5.69 Å². The van der Waals surface area contributed by atoms with Crippen LogP contribution in [0.5, 0.6) is 0 Å². The van der Waals surface area contributed by atoms with Crippen LogP contribution in [0.1, 0.15) is 5.56 Å². The van der Waals surface area contributed by atoms with Gasteiger partial charge in [0.05, 0.1) is 17.1 Å². The van der Waals surface area contributed by atoms with E-state index in [1.807, 2.05) is 0 Å². The summed E-state index contributed by atoms with van der Waals surface area (Å²) in [6, 6.07) is 6.95. The lowest BCUT2D eigenvalue weighted by Gasteiger charge is -2.06. The van der Waals surface area contributed by atoms with Crippen molar-refractivity contribution in [3.8, 4) is 6.07 Å². The van der Waals surface area contributed by atoms with Gasteiger partial charge < -0.3 is 9.84 Å². The number of non-ortho nitro benzene ring substituents is 1. The van der Waals surface area contributed by atoms with Gasteiger partial charge >= 0.3 is 5.97 Å². The van der Waals surface area contributed by atoms with E-state index in [1.54, 1.807) is 6.07 Å². The molecule has 0 bridgehead atoms. The molecule has 7 heteroatoms. The van der Waals surface area contributed by atoms with E-state index in [2.05, 4.69) is 0 Å². The van der Waals surface area contributed by atoms with E-state index in [1.165, 1.54) is 24.3 Å². The first-order chi connectivity index (χ1) is 8.54. The first-order valence-corrected chi connectivity index (χ1v) is 4.74. The van der Waals surface area contributed by atoms with Crippen molar-refractivity contribution in [1.29, 1.82) is 5.26 Å². The molecule has 7 nitrogen and oxygen atoms in total. The van der Waals surface area contributed by atoms with Gasteiger partial charge in [0.15, 0.2) is 6.61 Å². The minimum absolute atomic E-state index is 0.0507. The Kier molecular flexibility index (Phi) is 4.40. The number of carboxylic acids is 1. The molecule has 1 rings (SSSR count). The molecule has 0 aliphatic rings. The van der Waals surface area contributed by atoms with Gasteiger partial charge in [-0.3, -0.25) is 10.1 Å². The van der Waals surface area contributed by atoms with Gasteiger partial charge in [-0.2, -0.15) is 5.26 Å². The fourth-order valence-electron chi connectivity index (χ4n) is 1.15. The third kappa shape index (κ3) is 3.61. The van der Waals surface area contributed by atoms with Gasteiger partial charge in [-0.05, 0) is 12.1 Å². The first kappa shape index (κ1) is 13.2. The van der Waals surface area contributed by atoms with Gasteiger partial charge in [-0.15, -0.1) is 0 Å². The Morgan fingerprint density at radius 3 is 2.56 bits per heavy atom. The van der Waals surface area contributed by atoms with Crippen LogP contribution < -0.4 is 0 Å². The molecule has 0 radical (unpaired) electrons. The molecule has 1 N–H and O–H groups in total. The van der Waals surface area contributed by atoms with Crippen molar-refractivity contribution in [1.82, 2.24) is 0 Å². The average molecular weight is 248 g/mol. The molecular weight excluding hydrogens is 240 g/mol. The van der Waals surface area contributed by atoms with Crippen LogP contribution in [0, 0.1) is 21.4 Å². The highest BCUT2D eigenvalue weighted by Crippen LogP contribution is 2.19. The van der Waals surface area contributed by atoms with E-state index in [9.17, 15) is 14.9 Å². The summed E-state index contributed by atoms with van der Waals surface area (Å²) in [6.07, 6.45) is 1.03. The van der Waals surface area contributed by atoms with Crippen molar-refractivity contribution in [3.63, 3.8) is 0 Å². The molecule has 92 valence electrons. The van der Waals surface area contributed by atoms with Crippen molar-refractivity contribution < 1.29 is 19.6 Å². The smallest absolute Gasteiger partial charge is 0.341 e. The predicted octanol–water partition coefficient (Wildman–Crippen LogP) is 1.56. The van der Waals surface area contributed by atoms with Crippen LogP contribution in [0.2, 0.25) is 0 Å². The molecule has 0 fully saturated rings. The van der Waals surface area contributed by atoms with Gasteiger partial charge in [0.25, 0.3) is 5.69 Å². The summed E-state index contributed by atoms with van der Waals surface area (Å²) >= 11 is 0. The number of aliphatic carboxylic acids is 1. The quantitative estimate of drug-likeness (QED) is 0.366. The number of carboxylic acid groups (broad SMARTS) is 1. The lowest BCUT2D eigenvalue weighted by molar-refractivity contribution is -0.384. The molecule has 18 heavy (non-hydrogen) atoms. The summed E-state index contributed by atoms with van der Waals surface area (Å²) in [7, 11) is 0. The van der Waals surface area contributed by atoms with Crippen LogP contribution in [0.25, 0.3) is 5.76 Å². The van der Waals surface area contributed by atoms with Crippen LogP contribution >= 0.6 is 0 Å². The van der Waals surface area contributed by atoms with Gasteiger partial charge in [-0.25, -0.2) is 4.79 Å². The van der Waals surface area contributed by atoms with Crippen molar-refractivity contribution in [3.05, 3.63) is 46.0 Å². The van der Waals surface area contributed by atoms with Crippen LogP contribution in [0.15, 0.2) is 30.3 Å². The van der Waals surface area contributed by atoms with Crippen molar-refractivity contribution in [2.24, 2.45) is 0 Å². The number of benzene rings is 1. The maximum absolute atomic E-state index is 10.5. The van der Waals surface area contributed by atoms with Gasteiger partial charge in [0, 0.05) is 17.7 Å². The number of nitrogens with zero attached hydrogens (tertiary/aromatic N) is 2. The summed E-state index contributed by atoms with van der Waals surface area (Å²) in [6.45, 7) is -0.593. The SMILES string of the molecule is N#CC=C(OCC(=O)O)c1ccc([N+](=O)[O-])cc1. The second kappa shape index (κ2) is 6.00. The number of nitro benzene ring substituents is 1. The normalized spacial score (nSPS) is 10.5. The summed E-state index contributed by atoms with van der Waals surface area (Å²) < 4.78 is 4.90. The third-order valence-electron chi connectivity index (χ3n) is 1.91. The largest absolute Gasteiger partial charge is 0.481 e. The molecule has 0 heterocycles. The zero-order valence-corrected chi connectivity index (χ0v) is 9.07. The second-order valence-electron chi connectivity index (χ2n) is 3.12. The monoisotopic (exact) mass is 248 g/mol. The third-order valence-corrected chi connectivity index (χ3v) is 1.91. The average Bonchev–Trinajstić information content (AvgIpc) is 2.34. The minimum atomic E-state index is -1.18. The standard InChI is InChI=1S/C11H8N2O5/c12-6-5-10(18-7-11(14)15)8-1-3-9(4-2-8)13(16)17/h1-5H,7H2,(H,14,15). The molecule has 0 unspecified atom stereocenters. The molecule has 0 aliphatic heterocycles. The fourth-order valence-corrected chi connectivity index (χ4v) is 1.15. The predicted molar refractivity (Wildman–Crippen MR) is 60.3 cm³/mol. The first-order valence-electron chi connectivity index (χ1n) is 4.74. The molecule has 0 aliphatic carbocycles. The highest BCUT2D eigenvalue weighted by atomic mass is 16.6. The molecule has 0 saturated heterocycles. The van der Waals surface area contributed by atoms with E-state index < -0.39 is 17.5 Å². The van der Waals surface area contributed by atoms with E-state index in [4.69, 9.17) is 15.1 Å².